The van der Waals surface area contributed by atoms with Gasteiger partial charge in [0.1, 0.15) is 0 Å². The molecule has 13 heteroatoms. The molecule has 2 heterocycles. The maximum Gasteiger partial charge on any atom is 0.472 e. The summed E-state index contributed by atoms with van der Waals surface area (Å²) in [4.78, 5) is 39.7. The molecule has 0 saturated carbocycles. The second kappa shape index (κ2) is 15.8. The Morgan fingerprint density at radius 3 is 2.38 bits per heavy atom. The number of ether oxygens (including phenoxy) is 2. The van der Waals surface area contributed by atoms with E-state index in [1.165, 1.54) is 0 Å². The molecule has 2 aliphatic rings. The largest absolute Gasteiger partial charge is 0.472 e. The first-order valence-electron chi connectivity index (χ1n) is 13.0. The number of hydrogen-bond acceptors (Lipinski definition) is 9. The maximum atomic E-state index is 13.1. The number of thioether (sulfide) groups is 1. The molecule has 11 nitrogen and oxygen atoms in total. The van der Waals surface area contributed by atoms with E-state index in [1.807, 2.05) is 27.2 Å². The Balaban J connectivity index is 1.96. The molecule has 0 aromatic carbocycles. The lowest BCUT2D eigenvalue weighted by molar-refractivity contribution is -0.137. The third kappa shape index (κ3) is 10.1. The molecule has 0 aromatic rings. The highest BCUT2D eigenvalue weighted by molar-refractivity contribution is 7.98. The van der Waals surface area contributed by atoms with Crippen LogP contribution in [0.25, 0.3) is 0 Å². The zero-order valence-electron chi connectivity index (χ0n) is 23.1. The lowest BCUT2D eigenvalue weighted by Gasteiger charge is -2.28. The minimum Gasteiger partial charge on any atom is -0.383 e. The van der Waals surface area contributed by atoms with E-state index in [1.54, 1.807) is 35.8 Å². The van der Waals surface area contributed by atoms with Gasteiger partial charge in [0, 0.05) is 45.7 Å². The van der Waals surface area contributed by atoms with Gasteiger partial charge in [-0.15, -0.1) is 0 Å². The van der Waals surface area contributed by atoms with Crippen LogP contribution in [0.15, 0.2) is 0 Å². The number of nitrogens with one attached hydrogen (secondary N) is 1. The van der Waals surface area contributed by atoms with E-state index in [0.29, 0.717) is 38.8 Å². The monoisotopic (exact) mass is 567 g/mol. The average Bonchev–Trinajstić information content (AvgIpc) is 3.46. The highest BCUT2D eigenvalue weighted by atomic mass is 32.2. The molecule has 0 spiro atoms. The first-order valence-corrected chi connectivity index (χ1v) is 15.9. The number of phosphoric ester groups is 1. The molecule has 37 heavy (non-hydrogen) atoms. The third-order valence-corrected chi connectivity index (χ3v) is 8.86. The average molecular weight is 568 g/mol. The molecule has 7 atom stereocenters. The van der Waals surface area contributed by atoms with E-state index >= 15 is 0 Å². The molecule has 2 fully saturated rings. The van der Waals surface area contributed by atoms with E-state index in [0.717, 1.165) is 12.2 Å². The number of amides is 2. The summed E-state index contributed by atoms with van der Waals surface area (Å²) >= 11 is 1.69. The third-order valence-electron chi connectivity index (χ3n) is 7.12. The summed E-state index contributed by atoms with van der Waals surface area (Å²) in [5.41, 5.74) is 0. The molecule has 2 rings (SSSR count). The van der Waals surface area contributed by atoms with Crippen molar-refractivity contribution >= 4 is 31.4 Å². The lowest BCUT2D eigenvalue weighted by Crippen LogP contribution is -2.42. The Morgan fingerprint density at radius 1 is 1.11 bits per heavy atom. The smallest absolute Gasteiger partial charge is 0.383 e. The molecular weight excluding hydrogens is 521 g/mol. The Morgan fingerprint density at radius 2 is 1.76 bits per heavy atom. The quantitative estimate of drug-likeness (QED) is 0.212. The first-order chi connectivity index (χ1) is 17.5. The van der Waals surface area contributed by atoms with E-state index in [2.05, 4.69) is 5.32 Å². The van der Waals surface area contributed by atoms with Crippen LogP contribution in [0.3, 0.4) is 0 Å². The van der Waals surface area contributed by atoms with Crippen molar-refractivity contribution in [2.75, 3.05) is 59.6 Å². The first kappa shape index (κ1) is 32.5. The number of phosphoric acid groups is 1. The minimum atomic E-state index is -4.43. The van der Waals surface area contributed by atoms with Crippen molar-refractivity contribution in [3.05, 3.63) is 0 Å². The molecule has 216 valence electrons. The van der Waals surface area contributed by atoms with Crippen LogP contribution >= 0.6 is 19.6 Å². The summed E-state index contributed by atoms with van der Waals surface area (Å²) in [6.45, 7) is 4.71. The van der Waals surface area contributed by atoms with Gasteiger partial charge < -0.3 is 29.5 Å². The highest BCUT2D eigenvalue weighted by Crippen LogP contribution is 2.47. The van der Waals surface area contributed by atoms with Crippen LogP contribution < -0.4 is 5.32 Å². The number of carbonyl (C=O) groups is 2. The molecule has 0 aliphatic carbocycles. The van der Waals surface area contributed by atoms with Crippen molar-refractivity contribution in [3.63, 3.8) is 0 Å². The van der Waals surface area contributed by atoms with Crippen molar-refractivity contribution in [1.29, 1.82) is 0 Å². The summed E-state index contributed by atoms with van der Waals surface area (Å²) in [6, 6.07) is -0.428. The van der Waals surface area contributed by atoms with Gasteiger partial charge in [0.25, 0.3) is 0 Å². The molecule has 0 aromatic heterocycles. The molecule has 0 radical (unpaired) electrons. The van der Waals surface area contributed by atoms with Gasteiger partial charge in [-0.05, 0) is 51.7 Å². The lowest BCUT2D eigenvalue weighted by atomic mass is 10.0. The number of likely N-dealkylation sites (tertiary alicyclic amines) is 2. The highest BCUT2D eigenvalue weighted by Gasteiger charge is 2.42. The Labute approximate surface area is 225 Å². The predicted molar refractivity (Wildman–Crippen MR) is 143 cm³/mol. The molecule has 2 N–H and O–H groups in total. The van der Waals surface area contributed by atoms with Crippen molar-refractivity contribution in [2.45, 2.75) is 76.3 Å². The van der Waals surface area contributed by atoms with E-state index in [4.69, 9.17) is 18.5 Å². The summed E-state index contributed by atoms with van der Waals surface area (Å²) in [7, 11) is 0.582. The van der Waals surface area contributed by atoms with Gasteiger partial charge in [-0.2, -0.15) is 11.8 Å². The Bertz CT molecular complexity index is 778. The summed E-state index contributed by atoms with van der Waals surface area (Å²) < 4.78 is 34.5. The second-order valence-corrected chi connectivity index (χ2v) is 12.4. The summed E-state index contributed by atoms with van der Waals surface area (Å²) in [6.07, 6.45) is 3.95. The fraction of sp³-hybridized carbons (Fsp3) is 0.917. The Hall–Kier alpha value is -0.720. The minimum absolute atomic E-state index is 0.0108. The van der Waals surface area contributed by atoms with E-state index < -0.39 is 20.0 Å². The van der Waals surface area contributed by atoms with Crippen LogP contribution in [0.2, 0.25) is 0 Å². The molecule has 3 unspecified atom stereocenters. The zero-order chi connectivity index (χ0) is 27.6. The van der Waals surface area contributed by atoms with Crippen LogP contribution in [-0.2, 0) is 32.7 Å². The van der Waals surface area contributed by atoms with Gasteiger partial charge in [-0.1, -0.05) is 6.92 Å². The molecule has 2 amide bonds. The SMILES string of the molecule is CNC(C)CC(C)C(=O)N1C[C@H](OC)C[C@H]1COP(=O)(O)O[C@@H]1C[C@@H](COC)N(C(=O)CCCSC)C1. The van der Waals surface area contributed by atoms with Gasteiger partial charge in [-0.3, -0.25) is 18.6 Å². The van der Waals surface area contributed by atoms with Crippen LogP contribution in [0.1, 0.15) is 46.0 Å². The van der Waals surface area contributed by atoms with E-state index in [-0.39, 0.29) is 49.1 Å². The number of methoxy groups -OCH3 is 2. The Kier molecular flexibility index (Phi) is 13.8. The van der Waals surface area contributed by atoms with Gasteiger partial charge in [-0.25, -0.2) is 4.57 Å². The van der Waals surface area contributed by atoms with Crippen LogP contribution in [0.4, 0.5) is 0 Å². The molecule has 2 aliphatic heterocycles. The van der Waals surface area contributed by atoms with Gasteiger partial charge >= 0.3 is 7.82 Å². The zero-order valence-corrected chi connectivity index (χ0v) is 24.8. The number of hydrogen-bond donors (Lipinski definition) is 2. The molecule has 0 bridgehead atoms. The standard InChI is InChI=1S/C24H46N3O8PS/c1-17(10-18(2)25-3)24(29)27-13-21(33-5)11-20(27)16-34-36(30,31)35-22-12-19(15-32-4)26(14-22)23(28)8-7-9-37-6/h17-22,25H,7-16H2,1-6H3,(H,30,31)/t17?,18?,19-,20-,21+,22+/m0/s1. The van der Waals surface area contributed by atoms with Crippen molar-refractivity contribution in [2.24, 2.45) is 5.92 Å². The summed E-state index contributed by atoms with van der Waals surface area (Å²) in [5, 5.41) is 3.15. The van der Waals surface area contributed by atoms with Crippen molar-refractivity contribution in [3.8, 4) is 0 Å². The van der Waals surface area contributed by atoms with Crippen molar-refractivity contribution < 1.29 is 37.6 Å². The summed E-state index contributed by atoms with van der Waals surface area (Å²) in [5.74, 6) is 0.640. The van der Waals surface area contributed by atoms with Gasteiger partial charge in [0.05, 0.1) is 37.5 Å². The van der Waals surface area contributed by atoms with Crippen molar-refractivity contribution in [1.82, 2.24) is 15.1 Å². The normalized spacial score (nSPS) is 27.3. The van der Waals surface area contributed by atoms with E-state index in [9.17, 15) is 19.0 Å². The second-order valence-electron chi connectivity index (χ2n) is 10.0. The maximum absolute atomic E-state index is 13.1. The fourth-order valence-electron chi connectivity index (χ4n) is 5.02. The number of carbonyl (C=O) groups excluding carboxylic acids is 2. The van der Waals surface area contributed by atoms with Crippen LogP contribution in [-0.4, -0.2) is 116 Å². The van der Waals surface area contributed by atoms with Gasteiger partial charge in [0.2, 0.25) is 11.8 Å². The van der Waals surface area contributed by atoms with Crippen LogP contribution in [0.5, 0.6) is 0 Å². The molecule has 2 saturated heterocycles. The van der Waals surface area contributed by atoms with Crippen LogP contribution in [0, 0.1) is 5.92 Å². The topological polar surface area (TPSA) is 127 Å². The number of rotatable bonds is 16. The number of nitrogens with zero attached hydrogens (tertiary/aromatic N) is 2. The fourth-order valence-corrected chi connectivity index (χ4v) is 6.40. The predicted octanol–water partition coefficient (Wildman–Crippen LogP) is 2.13. The molecular formula is C24H46N3O8PS. The van der Waals surface area contributed by atoms with Gasteiger partial charge in [0.15, 0.2) is 0 Å².